The summed E-state index contributed by atoms with van der Waals surface area (Å²) in [6.45, 7) is -0.0616. The summed E-state index contributed by atoms with van der Waals surface area (Å²) in [5, 5.41) is 42.3. The number of methoxy groups -OCH3 is 1. The predicted molar refractivity (Wildman–Crippen MR) is 100 cm³/mol. The van der Waals surface area contributed by atoms with Gasteiger partial charge < -0.3 is 35.2 Å². The summed E-state index contributed by atoms with van der Waals surface area (Å²) in [4.78, 5) is 12.7. The number of aromatic nitrogens is 4. The van der Waals surface area contributed by atoms with Crippen molar-refractivity contribution in [2.45, 2.75) is 31.1 Å². The molecule has 0 amide bonds. The first-order chi connectivity index (χ1) is 14.0. The van der Waals surface area contributed by atoms with Crippen LogP contribution in [0.25, 0.3) is 11.2 Å². The third-order valence-electron chi connectivity index (χ3n) is 4.87. The van der Waals surface area contributed by atoms with Crippen molar-refractivity contribution in [3.05, 3.63) is 36.4 Å². The minimum Gasteiger partial charge on any atom is -0.508 e. The van der Waals surface area contributed by atoms with E-state index in [1.807, 2.05) is 0 Å². The number of phenolic OH excluding ortho intramolecular Hbond substituents is 1. The van der Waals surface area contributed by atoms with Gasteiger partial charge in [-0.1, -0.05) is 0 Å². The van der Waals surface area contributed by atoms with Crippen molar-refractivity contribution >= 4 is 17.0 Å². The molecule has 1 aliphatic rings. The van der Waals surface area contributed by atoms with E-state index in [2.05, 4.69) is 20.3 Å². The molecule has 4 atom stereocenters. The van der Waals surface area contributed by atoms with Crippen molar-refractivity contribution in [2.24, 2.45) is 0 Å². The monoisotopic (exact) mass is 403 g/mol. The van der Waals surface area contributed by atoms with Crippen LogP contribution in [0.3, 0.4) is 0 Å². The lowest BCUT2D eigenvalue weighted by atomic mass is 10.1. The summed E-state index contributed by atoms with van der Waals surface area (Å²) in [5.41, 5.74) is 1.65. The highest BCUT2D eigenvalue weighted by Crippen LogP contribution is 2.32. The third kappa shape index (κ3) is 3.44. The molecule has 0 unspecified atom stereocenters. The van der Waals surface area contributed by atoms with E-state index in [0.717, 1.165) is 5.56 Å². The van der Waals surface area contributed by atoms with Gasteiger partial charge in [0.25, 0.3) is 0 Å². The summed E-state index contributed by atoms with van der Waals surface area (Å²) in [5.74, 6) is 1.09. The molecule has 2 aromatic heterocycles. The standard InChI is InChI=1S/C18H21N5O6/c1-28-11-4-10(25)3-2-9(11)5-19-16-13-17(21-7-20-16)23(8-22-13)18-15(27)14(26)12(6-24)29-18/h2-4,7-8,12,14-15,18,24-27H,5-6H2,1H3,(H,19,20,21)/t12-,14-,15+,18-/m1/s1. The van der Waals surface area contributed by atoms with Crippen LogP contribution < -0.4 is 10.1 Å². The molecule has 3 aromatic rings. The molecule has 1 fully saturated rings. The normalized spacial score (nSPS) is 24.1. The number of benzene rings is 1. The highest BCUT2D eigenvalue weighted by Gasteiger charge is 2.44. The summed E-state index contributed by atoms with van der Waals surface area (Å²) >= 11 is 0. The Hall–Kier alpha value is -2.99. The Kier molecular flexibility index (Phi) is 5.20. The van der Waals surface area contributed by atoms with E-state index < -0.39 is 31.1 Å². The molecule has 154 valence electrons. The number of anilines is 1. The van der Waals surface area contributed by atoms with E-state index in [9.17, 15) is 20.4 Å². The molecule has 1 aromatic carbocycles. The minimum atomic E-state index is -1.24. The van der Waals surface area contributed by atoms with Crippen molar-refractivity contribution < 1.29 is 29.9 Å². The number of rotatable bonds is 6. The quantitative estimate of drug-likeness (QED) is 0.372. The van der Waals surface area contributed by atoms with Gasteiger partial charge >= 0.3 is 0 Å². The van der Waals surface area contributed by atoms with Crippen LogP contribution in [0.2, 0.25) is 0 Å². The van der Waals surface area contributed by atoms with Crippen molar-refractivity contribution in [3.8, 4) is 11.5 Å². The maximum absolute atomic E-state index is 10.3. The van der Waals surface area contributed by atoms with E-state index in [4.69, 9.17) is 9.47 Å². The number of imidazole rings is 1. The molecule has 4 rings (SSSR count). The molecule has 11 heteroatoms. The van der Waals surface area contributed by atoms with E-state index in [-0.39, 0.29) is 5.75 Å². The van der Waals surface area contributed by atoms with Crippen LogP contribution in [0.15, 0.2) is 30.9 Å². The Morgan fingerprint density at radius 1 is 1.21 bits per heavy atom. The van der Waals surface area contributed by atoms with E-state index in [1.54, 1.807) is 12.1 Å². The van der Waals surface area contributed by atoms with Gasteiger partial charge in [0, 0.05) is 18.2 Å². The molecule has 5 N–H and O–H groups in total. The van der Waals surface area contributed by atoms with Crippen molar-refractivity contribution in [2.75, 3.05) is 19.0 Å². The molecular weight excluding hydrogens is 382 g/mol. The van der Waals surface area contributed by atoms with Gasteiger partial charge in [0.1, 0.15) is 36.1 Å². The Balaban J connectivity index is 1.60. The molecule has 0 radical (unpaired) electrons. The largest absolute Gasteiger partial charge is 0.508 e. The van der Waals surface area contributed by atoms with Crippen molar-refractivity contribution in [3.63, 3.8) is 0 Å². The van der Waals surface area contributed by atoms with Crippen LogP contribution in [-0.2, 0) is 11.3 Å². The molecule has 1 aliphatic heterocycles. The van der Waals surface area contributed by atoms with E-state index in [0.29, 0.717) is 29.3 Å². The van der Waals surface area contributed by atoms with Crippen LogP contribution in [0.4, 0.5) is 5.82 Å². The van der Waals surface area contributed by atoms with Gasteiger partial charge in [-0.15, -0.1) is 0 Å². The first kappa shape index (κ1) is 19.3. The Morgan fingerprint density at radius 2 is 2.03 bits per heavy atom. The smallest absolute Gasteiger partial charge is 0.167 e. The number of aliphatic hydroxyl groups is 3. The second-order valence-electron chi connectivity index (χ2n) is 6.62. The van der Waals surface area contributed by atoms with Gasteiger partial charge in [0.05, 0.1) is 20.0 Å². The molecule has 1 saturated heterocycles. The molecule has 0 spiro atoms. The van der Waals surface area contributed by atoms with Gasteiger partial charge in [-0.2, -0.15) is 0 Å². The van der Waals surface area contributed by atoms with Gasteiger partial charge in [-0.05, 0) is 12.1 Å². The van der Waals surface area contributed by atoms with Crippen LogP contribution in [0, 0.1) is 0 Å². The lowest BCUT2D eigenvalue weighted by Crippen LogP contribution is -2.33. The van der Waals surface area contributed by atoms with Crippen LogP contribution >= 0.6 is 0 Å². The zero-order valence-corrected chi connectivity index (χ0v) is 15.5. The van der Waals surface area contributed by atoms with Gasteiger partial charge in [-0.25, -0.2) is 15.0 Å². The number of aliphatic hydroxyl groups excluding tert-OH is 3. The Labute approximate surface area is 165 Å². The lowest BCUT2D eigenvalue weighted by Gasteiger charge is -2.16. The molecule has 11 nitrogen and oxygen atoms in total. The number of nitrogens with one attached hydrogen (secondary N) is 1. The number of hydrogen-bond acceptors (Lipinski definition) is 10. The average molecular weight is 403 g/mol. The number of aromatic hydroxyl groups is 1. The van der Waals surface area contributed by atoms with E-state index >= 15 is 0 Å². The molecule has 0 bridgehead atoms. The zero-order chi connectivity index (χ0) is 20.5. The maximum Gasteiger partial charge on any atom is 0.167 e. The predicted octanol–water partition coefficient (Wildman–Crippen LogP) is -0.236. The van der Waals surface area contributed by atoms with Crippen molar-refractivity contribution in [1.82, 2.24) is 19.5 Å². The van der Waals surface area contributed by atoms with Crippen LogP contribution in [0.1, 0.15) is 11.8 Å². The Bertz CT molecular complexity index is 1010. The van der Waals surface area contributed by atoms with Crippen molar-refractivity contribution in [1.29, 1.82) is 0 Å². The van der Waals surface area contributed by atoms with Gasteiger partial charge in [0.15, 0.2) is 23.2 Å². The zero-order valence-electron chi connectivity index (χ0n) is 15.5. The first-order valence-corrected chi connectivity index (χ1v) is 8.93. The maximum atomic E-state index is 10.3. The number of phenols is 1. The molecular formula is C18H21N5O6. The fraction of sp³-hybridized carbons (Fsp3) is 0.389. The summed E-state index contributed by atoms with van der Waals surface area (Å²) in [7, 11) is 1.52. The summed E-state index contributed by atoms with van der Waals surface area (Å²) in [6, 6.07) is 4.81. The summed E-state index contributed by atoms with van der Waals surface area (Å²) < 4.78 is 12.3. The number of nitrogens with zero attached hydrogens (tertiary/aromatic N) is 4. The fourth-order valence-electron chi connectivity index (χ4n) is 3.34. The highest BCUT2D eigenvalue weighted by molar-refractivity contribution is 5.82. The SMILES string of the molecule is COc1cc(O)ccc1CNc1ncnc2c1ncn2[C@@H]1O[C@H](CO)[C@@H](O)[C@@H]1O. The highest BCUT2D eigenvalue weighted by atomic mass is 16.6. The molecule has 0 saturated carbocycles. The first-order valence-electron chi connectivity index (χ1n) is 8.93. The van der Waals surface area contributed by atoms with Crippen LogP contribution in [0.5, 0.6) is 11.5 Å². The average Bonchev–Trinajstić information content (AvgIpc) is 3.28. The minimum absolute atomic E-state index is 0.104. The Morgan fingerprint density at radius 3 is 2.76 bits per heavy atom. The van der Waals surface area contributed by atoms with E-state index in [1.165, 1.54) is 30.4 Å². The fourth-order valence-corrected chi connectivity index (χ4v) is 3.34. The topological polar surface area (TPSA) is 155 Å². The number of hydrogen-bond donors (Lipinski definition) is 5. The van der Waals surface area contributed by atoms with Gasteiger partial charge in [-0.3, -0.25) is 4.57 Å². The lowest BCUT2D eigenvalue weighted by molar-refractivity contribution is -0.0511. The molecule has 29 heavy (non-hydrogen) atoms. The second kappa shape index (κ2) is 7.79. The number of fused-ring (bicyclic) bond motifs is 1. The van der Waals surface area contributed by atoms with Crippen LogP contribution in [-0.4, -0.2) is 72.0 Å². The number of ether oxygens (including phenoxy) is 2. The van der Waals surface area contributed by atoms with Gasteiger partial charge in [0.2, 0.25) is 0 Å². The summed E-state index contributed by atoms with van der Waals surface area (Å²) in [6.07, 6.45) is -1.51. The molecule has 3 heterocycles. The second-order valence-corrected chi connectivity index (χ2v) is 6.62. The third-order valence-corrected chi connectivity index (χ3v) is 4.87. The molecule has 0 aliphatic carbocycles.